The van der Waals surface area contributed by atoms with Crippen LogP contribution in [0.5, 0.6) is 0 Å². The Kier molecular flexibility index (Phi) is 24.8. The van der Waals surface area contributed by atoms with Gasteiger partial charge >= 0.3 is 11.9 Å². The molecule has 44 heavy (non-hydrogen) atoms. The van der Waals surface area contributed by atoms with Crippen LogP contribution in [0.15, 0.2) is 44.6 Å². The first-order chi connectivity index (χ1) is 19.3. The van der Waals surface area contributed by atoms with Crippen LogP contribution in [0.25, 0.3) is 0 Å². The van der Waals surface area contributed by atoms with Gasteiger partial charge in [-0.2, -0.15) is 11.1 Å². The Morgan fingerprint density at radius 3 is 1.20 bits per heavy atom. The van der Waals surface area contributed by atoms with Gasteiger partial charge in [0.05, 0.1) is 0 Å². The van der Waals surface area contributed by atoms with Crippen LogP contribution in [0.4, 0.5) is 0 Å². The SMILES string of the molecule is CC1C2=C(CCC[CH-]2)C2=C1CCCC2.CC1C2=C(CCC[CH-]2)C2=C1CCCC2.CCCC(=O)O.CCCC(=O)O.[Cl-].[Cl-].[Ti].[Ti]. The molecule has 248 valence electrons. The molecule has 4 nitrogen and oxygen atoms in total. The third-order valence-corrected chi connectivity index (χ3v) is 9.34. The van der Waals surface area contributed by atoms with Crippen LogP contribution >= 0.6 is 0 Å². The molecule has 2 atom stereocenters. The molecule has 0 fully saturated rings. The second kappa shape index (κ2) is 23.9. The van der Waals surface area contributed by atoms with E-state index in [0.717, 1.165) is 24.7 Å². The van der Waals surface area contributed by atoms with E-state index < -0.39 is 11.9 Å². The Hall–Kier alpha value is -0.351. The van der Waals surface area contributed by atoms with Crippen molar-refractivity contribution in [3.05, 3.63) is 57.4 Å². The minimum absolute atomic E-state index is 0. The molecule has 0 aromatic heterocycles. The summed E-state index contributed by atoms with van der Waals surface area (Å²) in [6.45, 7) is 8.53. The molecule has 6 aliphatic carbocycles. The van der Waals surface area contributed by atoms with Crippen LogP contribution in [0.1, 0.15) is 143 Å². The van der Waals surface area contributed by atoms with Crippen molar-refractivity contribution in [2.45, 2.75) is 143 Å². The fourth-order valence-electron chi connectivity index (χ4n) is 7.44. The zero-order valence-electron chi connectivity index (χ0n) is 27.5. The van der Waals surface area contributed by atoms with E-state index in [1.165, 1.54) is 89.9 Å². The van der Waals surface area contributed by atoms with Gasteiger partial charge in [0, 0.05) is 56.3 Å². The summed E-state index contributed by atoms with van der Waals surface area (Å²) in [5.41, 5.74) is 14.1. The van der Waals surface area contributed by atoms with Crippen molar-refractivity contribution in [2.24, 2.45) is 11.8 Å². The van der Waals surface area contributed by atoms with Crippen molar-refractivity contribution in [1.82, 2.24) is 0 Å². The van der Waals surface area contributed by atoms with E-state index in [2.05, 4.69) is 26.7 Å². The first kappa shape index (κ1) is 45.8. The molecule has 2 N–H and O–H groups in total. The molecule has 0 saturated carbocycles. The fraction of sp³-hybridized carbons (Fsp3) is 0.667. The van der Waals surface area contributed by atoms with Gasteiger partial charge in [-0.25, -0.2) is 24.0 Å². The average molecular weight is 717 g/mol. The molecule has 0 amide bonds. The topological polar surface area (TPSA) is 74.6 Å². The minimum Gasteiger partial charge on any atom is -1.00 e. The van der Waals surface area contributed by atoms with Crippen LogP contribution in [0, 0.1) is 24.7 Å². The maximum atomic E-state index is 9.60. The zero-order chi connectivity index (χ0) is 29.1. The van der Waals surface area contributed by atoms with Crippen molar-refractivity contribution in [1.29, 1.82) is 0 Å². The van der Waals surface area contributed by atoms with E-state index in [9.17, 15) is 9.59 Å². The minimum atomic E-state index is -0.711. The Balaban J connectivity index is 0. The average Bonchev–Trinajstić information content (AvgIpc) is 3.42. The van der Waals surface area contributed by atoms with Crippen LogP contribution in [0.3, 0.4) is 0 Å². The van der Waals surface area contributed by atoms with Gasteiger partial charge in [-0.1, -0.05) is 77.4 Å². The molecule has 2 unspecified atom stereocenters. The maximum absolute atomic E-state index is 9.60. The molecule has 6 rings (SSSR count). The number of halogens is 2. The van der Waals surface area contributed by atoms with Crippen molar-refractivity contribution in [2.75, 3.05) is 0 Å². The van der Waals surface area contributed by atoms with Crippen molar-refractivity contribution in [3.8, 4) is 0 Å². The first-order valence-electron chi connectivity index (χ1n) is 16.3. The fourth-order valence-corrected chi connectivity index (χ4v) is 7.44. The van der Waals surface area contributed by atoms with Crippen LogP contribution in [0.2, 0.25) is 0 Å². The van der Waals surface area contributed by atoms with Gasteiger partial charge in [0.25, 0.3) is 0 Å². The van der Waals surface area contributed by atoms with Crippen molar-refractivity contribution >= 4 is 11.9 Å². The maximum Gasteiger partial charge on any atom is 0.303 e. The second-order valence-corrected chi connectivity index (χ2v) is 12.2. The Morgan fingerprint density at radius 2 is 0.909 bits per heavy atom. The van der Waals surface area contributed by atoms with Gasteiger partial charge in [-0.15, -0.1) is 24.0 Å². The summed E-state index contributed by atoms with van der Waals surface area (Å²) in [5, 5.41) is 15.8. The standard InChI is InChI=1S/2C14H19.2C4H8O2.2ClH.2Ti/c2*1-10-11-6-2-4-8-13(11)14-9-5-3-7-12(10)14;2*1-2-3-4(5)6;;;;/h2*6,10H,2-5,7-9H2,1H3;2*2-3H2,1H3,(H,5,6);2*1H;;/q2*-1;;;;;;/p-2. The number of rotatable bonds is 4. The number of carboxylic acid groups (broad SMARTS) is 2. The van der Waals surface area contributed by atoms with Gasteiger partial charge in [0.1, 0.15) is 0 Å². The summed E-state index contributed by atoms with van der Waals surface area (Å²) in [6, 6.07) is 0. The van der Waals surface area contributed by atoms with E-state index >= 15 is 0 Å². The number of carboxylic acids is 2. The Labute approximate surface area is 310 Å². The summed E-state index contributed by atoms with van der Waals surface area (Å²) >= 11 is 0. The molecule has 0 spiro atoms. The summed E-state index contributed by atoms with van der Waals surface area (Å²) in [6.07, 6.45) is 26.5. The molecule has 0 radical (unpaired) electrons. The molecule has 0 saturated heterocycles. The van der Waals surface area contributed by atoms with E-state index in [1.54, 1.807) is 44.6 Å². The molecular weight excluding hydrogens is 663 g/mol. The van der Waals surface area contributed by atoms with E-state index in [1.807, 2.05) is 13.8 Å². The van der Waals surface area contributed by atoms with Gasteiger partial charge in [0.15, 0.2) is 0 Å². The van der Waals surface area contributed by atoms with Crippen LogP contribution in [-0.4, -0.2) is 22.2 Å². The zero-order valence-corrected chi connectivity index (χ0v) is 32.1. The summed E-state index contributed by atoms with van der Waals surface area (Å²) in [5.74, 6) is 0.135. The molecule has 8 heteroatoms. The second-order valence-electron chi connectivity index (χ2n) is 12.2. The quantitative estimate of drug-likeness (QED) is 0.339. The Bertz CT molecular complexity index is 899. The third-order valence-electron chi connectivity index (χ3n) is 9.34. The number of aliphatic carboxylic acids is 2. The van der Waals surface area contributed by atoms with E-state index in [-0.39, 0.29) is 68.2 Å². The monoisotopic (exact) mass is 716 g/mol. The number of allylic oxidation sites excluding steroid dienone is 8. The molecule has 0 aliphatic heterocycles. The predicted molar refractivity (Wildman–Crippen MR) is 165 cm³/mol. The molecule has 0 aromatic rings. The molecular formula is C36H54Cl2O4Ti2-4. The molecule has 6 aliphatic rings. The summed E-state index contributed by atoms with van der Waals surface area (Å²) in [7, 11) is 0. The van der Waals surface area contributed by atoms with Gasteiger partial charge in [0.2, 0.25) is 0 Å². The smallest absolute Gasteiger partial charge is 0.303 e. The largest absolute Gasteiger partial charge is 1.00 e. The van der Waals surface area contributed by atoms with Crippen molar-refractivity contribution < 1.29 is 88.1 Å². The number of carbonyl (C=O) groups is 2. The molecule has 0 heterocycles. The molecule has 0 bridgehead atoms. The van der Waals surface area contributed by atoms with E-state index in [0.29, 0.717) is 12.8 Å². The number of hydrogen-bond acceptors (Lipinski definition) is 2. The van der Waals surface area contributed by atoms with Gasteiger partial charge < -0.3 is 35.0 Å². The first-order valence-corrected chi connectivity index (χ1v) is 16.3. The summed E-state index contributed by atoms with van der Waals surface area (Å²) in [4.78, 5) is 19.2. The van der Waals surface area contributed by atoms with Gasteiger partial charge in [-0.05, 0) is 63.2 Å². The third kappa shape index (κ3) is 12.7. The normalized spacial score (nSPS) is 22.2. The summed E-state index contributed by atoms with van der Waals surface area (Å²) < 4.78 is 0. The van der Waals surface area contributed by atoms with Crippen LogP contribution in [-0.2, 0) is 53.0 Å². The number of fused-ring (bicyclic) bond motifs is 2. The van der Waals surface area contributed by atoms with Crippen LogP contribution < -0.4 is 24.8 Å². The van der Waals surface area contributed by atoms with Gasteiger partial charge in [-0.3, -0.25) is 9.59 Å². The Morgan fingerprint density at radius 1 is 0.591 bits per heavy atom. The van der Waals surface area contributed by atoms with Crippen molar-refractivity contribution in [3.63, 3.8) is 0 Å². The van der Waals surface area contributed by atoms with E-state index in [4.69, 9.17) is 10.2 Å². The predicted octanol–water partition coefficient (Wildman–Crippen LogP) is 4.13. The number of hydrogen-bond donors (Lipinski definition) is 2. The molecule has 0 aromatic carbocycles.